The molecule has 0 aliphatic carbocycles. The van der Waals surface area contributed by atoms with E-state index in [2.05, 4.69) is 32.4 Å². The minimum Gasteiger partial charge on any atom is -0.341 e. The number of nitrogens with zero attached hydrogens (tertiary/aromatic N) is 6. The molecule has 4 heterocycles. The summed E-state index contributed by atoms with van der Waals surface area (Å²) in [6.45, 7) is 2.49. The zero-order chi connectivity index (χ0) is 20.5. The van der Waals surface area contributed by atoms with Crippen molar-refractivity contribution in [3.8, 4) is 0 Å². The average molecular weight is 405 g/mol. The molecule has 2 aliphatic heterocycles. The van der Waals surface area contributed by atoms with Gasteiger partial charge in [0, 0.05) is 19.6 Å². The van der Waals surface area contributed by atoms with Gasteiger partial charge in [-0.05, 0) is 30.4 Å². The Morgan fingerprint density at radius 2 is 2.00 bits per heavy atom. The van der Waals surface area contributed by atoms with Gasteiger partial charge in [-0.25, -0.2) is 9.67 Å². The molecule has 1 saturated heterocycles. The maximum absolute atomic E-state index is 12.9. The topological polar surface area (TPSA) is 100 Å². The Hall–Kier alpha value is -3.49. The minimum absolute atomic E-state index is 0.0207. The summed E-state index contributed by atoms with van der Waals surface area (Å²) in [5.41, 5.74) is 3.32. The highest BCUT2D eigenvalue weighted by atomic mass is 16.2. The van der Waals surface area contributed by atoms with Crippen LogP contribution in [0, 0.1) is 0 Å². The van der Waals surface area contributed by atoms with Crippen molar-refractivity contribution in [2.24, 2.45) is 0 Å². The summed E-state index contributed by atoms with van der Waals surface area (Å²) in [7, 11) is 0. The first-order valence-corrected chi connectivity index (χ1v) is 10.2. The van der Waals surface area contributed by atoms with Gasteiger partial charge < -0.3 is 14.8 Å². The van der Waals surface area contributed by atoms with Crippen molar-refractivity contribution in [1.29, 1.82) is 0 Å². The normalized spacial score (nSPS) is 18.5. The minimum atomic E-state index is -0.104. The van der Waals surface area contributed by atoms with Gasteiger partial charge >= 0.3 is 0 Å². The highest BCUT2D eigenvalue weighted by Crippen LogP contribution is 2.22. The lowest BCUT2D eigenvalue weighted by molar-refractivity contribution is 0.0710. The van der Waals surface area contributed by atoms with E-state index in [0.29, 0.717) is 37.6 Å². The number of benzene rings is 1. The Balaban J connectivity index is 1.25. The van der Waals surface area contributed by atoms with E-state index in [1.54, 1.807) is 17.1 Å². The number of aromatic amines is 1. The monoisotopic (exact) mass is 405 g/mol. The molecular weight excluding hydrogens is 382 g/mol. The van der Waals surface area contributed by atoms with Crippen LogP contribution in [0.1, 0.15) is 44.9 Å². The quantitative estimate of drug-likeness (QED) is 0.709. The Morgan fingerprint density at radius 3 is 2.83 bits per heavy atom. The molecule has 2 aromatic heterocycles. The Bertz CT molecular complexity index is 1060. The molecule has 9 nitrogen and oxygen atoms in total. The van der Waals surface area contributed by atoms with E-state index in [0.717, 1.165) is 19.3 Å². The fraction of sp³-hybridized carbons (Fsp3) is 0.381. The number of rotatable bonds is 4. The number of nitrogens with one attached hydrogen (secondary N) is 1. The largest absolute Gasteiger partial charge is 0.341 e. The number of fused-ring (bicyclic) bond motifs is 1. The summed E-state index contributed by atoms with van der Waals surface area (Å²) in [5.74, 6) is -0.161. The zero-order valence-corrected chi connectivity index (χ0v) is 16.6. The Kier molecular flexibility index (Phi) is 4.78. The van der Waals surface area contributed by atoms with Gasteiger partial charge in [0.25, 0.3) is 11.8 Å². The van der Waals surface area contributed by atoms with Crippen LogP contribution in [0.5, 0.6) is 0 Å². The summed E-state index contributed by atoms with van der Waals surface area (Å²) >= 11 is 0. The number of carbonyl (C=O) groups is 2. The number of carbonyl (C=O) groups excluding carboxylic acids is 2. The third-order valence-corrected chi connectivity index (χ3v) is 5.94. The van der Waals surface area contributed by atoms with Crippen molar-refractivity contribution in [1.82, 2.24) is 34.8 Å². The van der Waals surface area contributed by atoms with E-state index in [4.69, 9.17) is 0 Å². The molecule has 0 spiro atoms. The van der Waals surface area contributed by atoms with Crippen LogP contribution in [0.25, 0.3) is 0 Å². The second-order valence-electron chi connectivity index (χ2n) is 7.83. The molecule has 1 aromatic carbocycles. The van der Waals surface area contributed by atoms with Crippen LogP contribution < -0.4 is 0 Å². The summed E-state index contributed by atoms with van der Waals surface area (Å²) in [4.78, 5) is 36.1. The van der Waals surface area contributed by atoms with Gasteiger partial charge in [-0.1, -0.05) is 29.5 Å². The summed E-state index contributed by atoms with van der Waals surface area (Å²) < 4.78 is 1.67. The summed E-state index contributed by atoms with van der Waals surface area (Å²) in [6.07, 6.45) is 7.43. The molecule has 30 heavy (non-hydrogen) atoms. The smallest absolute Gasteiger partial charge is 0.276 e. The third-order valence-electron chi connectivity index (χ3n) is 5.94. The van der Waals surface area contributed by atoms with E-state index in [1.165, 1.54) is 17.5 Å². The zero-order valence-electron chi connectivity index (χ0n) is 16.6. The molecule has 0 unspecified atom stereocenters. The lowest BCUT2D eigenvalue weighted by Gasteiger charge is -2.28. The molecule has 1 atom stereocenters. The Morgan fingerprint density at radius 1 is 1.13 bits per heavy atom. The molecule has 2 amide bonds. The van der Waals surface area contributed by atoms with Gasteiger partial charge in [0.2, 0.25) is 0 Å². The van der Waals surface area contributed by atoms with E-state index >= 15 is 0 Å². The average Bonchev–Trinajstić information content (AvgIpc) is 3.54. The van der Waals surface area contributed by atoms with Gasteiger partial charge in [0.1, 0.15) is 5.69 Å². The second kappa shape index (κ2) is 7.74. The highest BCUT2D eigenvalue weighted by Gasteiger charge is 2.31. The fourth-order valence-electron chi connectivity index (χ4n) is 4.35. The van der Waals surface area contributed by atoms with Gasteiger partial charge in [0.05, 0.1) is 31.3 Å². The first-order valence-electron chi connectivity index (χ1n) is 10.2. The number of amides is 2. The molecular formula is C21H23N7O2. The molecule has 0 radical (unpaired) electrons. The van der Waals surface area contributed by atoms with Crippen LogP contribution >= 0.6 is 0 Å². The van der Waals surface area contributed by atoms with Crippen LogP contribution in [-0.4, -0.2) is 65.7 Å². The van der Waals surface area contributed by atoms with Crippen LogP contribution in [0.2, 0.25) is 0 Å². The molecule has 3 aromatic rings. The van der Waals surface area contributed by atoms with Crippen LogP contribution in [-0.2, 0) is 19.5 Å². The van der Waals surface area contributed by atoms with E-state index in [-0.39, 0.29) is 17.9 Å². The SMILES string of the molecule is O=C(c1cn(C[C@@H]2CCCN2C(=O)c2cnc[nH]2)nn1)N1CCc2ccccc2C1. The van der Waals surface area contributed by atoms with Crippen molar-refractivity contribution in [3.63, 3.8) is 0 Å². The number of hydrogen-bond donors (Lipinski definition) is 1. The van der Waals surface area contributed by atoms with Crippen LogP contribution in [0.15, 0.2) is 43.0 Å². The fourth-order valence-corrected chi connectivity index (χ4v) is 4.35. The molecule has 5 rings (SSSR count). The lowest BCUT2D eigenvalue weighted by atomic mass is 10.00. The van der Waals surface area contributed by atoms with Crippen LogP contribution in [0.3, 0.4) is 0 Å². The molecule has 1 fully saturated rings. The van der Waals surface area contributed by atoms with Crippen molar-refractivity contribution < 1.29 is 9.59 Å². The van der Waals surface area contributed by atoms with Crippen LogP contribution in [0.4, 0.5) is 0 Å². The number of likely N-dealkylation sites (tertiary alicyclic amines) is 1. The predicted octanol–water partition coefficient (Wildman–Crippen LogP) is 1.50. The van der Waals surface area contributed by atoms with Crippen molar-refractivity contribution in [2.45, 2.75) is 38.4 Å². The first kappa shape index (κ1) is 18.5. The standard InChI is InChI=1S/C21H23N7O2/c29-20(26-9-7-15-4-1-2-5-16(15)11-26)19-13-27(25-24-19)12-17-6-3-8-28(17)21(30)18-10-22-14-23-18/h1-2,4-5,10,13-14,17H,3,6-9,11-12H2,(H,22,23)/t17-/m0/s1. The van der Waals surface area contributed by atoms with E-state index in [1.807, 2.05) is 21.9 Å². The van der Waals surface area contributed by atoms with Crippen molar-refractivity contribution >= 4 is 11.8 Å². The van der Waals surface area contributed by atoms with Gasteiger partial charge in [-0.3, -0.25) is 9.59 Å². The number of imidazole rings is 1. The summed E-state index contributed by atoms with van der Waals surface area (Å²) in [5, 5.41) is 8.27. The molecule has 154 valence electrons. The molecule has 0 saturated carbocycles. The molecule has 9 heteroatoms. The lowest BCUT2D eigenvalue weighted by Crippen LogP contribution is -2.38. The van der Waals surface area contributed by atoms with Gasteiger partial charge in [-0.15, -0.1) is 5.10 Å². The maximum Gasteiger partial charge on any atom is 0.276 e. The maximum atomic E-state index is 12.9. The van der Waals surface area contributed by atoms with Gasteiger partial charge in [-0.2, -0.15) is 0 Å². The molecule has 0 bridgehead atoms. The molecule has 1 N–H and O–H groups in total. The highest BCUT2D eigenvalue weighted by molar-refractivity contribution is 5.92. The van der Waals surface area contributed by atoms with Crippen molar-refractivity contribution in [3.05, 3.63) is 65.5 Å². The van der Waals surface area contributed by atoms with Crippen molar-refractivity contribution in [2.75, 3.05) is 13.1 Å². The molecule has 2 aliphatic rings. The Labute approximate surface area is 173 Å². The summed E-state index contributed by atoms with van der Waals surface area (Å²) in [6, 6.07) is 8.24. The predicted molar refractivity (Wildman–Crippen MR) is 108 cm³/mol. The number of H-pyrrole nitrogens is 1. The second-order valence-corrected chi connectivity index (χ2v) is 7.83. The van der Waals surface area contributed by atoms with E-state index in [9.17, 15) is 9.59 Å². The third kappa shape index (κ3) is 3.47. The van der Waals surface area contributed by atoms with Gasteiger partial charge in [0.15, 0.2) is 5.69 Å². The first-order chi connectivity index (χ1) is 14.7. The van der Waals surface area contributed by atoms with E-state index < -0.39 is 0 Å². The number of hydrogen-bond acceptors (Lipinski definition) is 5. The number of aromatic nitrogens is 5.